The van der Waals surface area contributed by atoms with Gasteiger partial charge in [0.25, 0.3) is 0 Å². The van der Waals surface area contributed by atoms with E-state index >= 15 is 0 Å². The maximum absolute atomic E-state index is 10.5. The van der Waals surface area contributed by atoms with Crippen molar-refractivity contribution < 1.29 is 4.79 Å². The number of hydrogen-bond donors (Lipinski definition) is 0. The monoisotopic (exact) mass is 190 g/mol. The van der Waals surface area contributed by atoms with Crippen LogP contribution in [0.25, 0.3) is 0 Å². The number of benzene rings is 1. The molecule has 76 valence electrons. The van der Waals surface area contributed by atoms with Crippen molar-refractivity contribution in [2.45, 2.75) is 33.1 Å². The molecule has 2 unspecified atom stereocenters. The third kappa shape index (κ3) is 2.44. The predicted molar refractivity (Wildman–Crippen MR) is 59.7 cm³/mol. The predicted octanol–water partition coefficient (Wildman–Crippen LogP) is 3.65. The number of aldehydes is 1. The van der Waals surface area contributed by atoms with Crippen LogP contribution in [0.4, 0.5) is 0 Å². The Morgan fingerprint density at radius 3 is 2.21 bits per heavy atom. The Bertz CT molecular complexity index is 287. The molecule has 14 heavy (non-hydrogen) atoms. The summed E-state index contributed by atoms with van der Waals surface area (Å²) in [5.74, 6) is 1.26. The number of hydrogen-bond acceptors (Lipinski definition) is 1. The molecule has 1 rings (SSSR count). The summed E-state index contributed by atoms with van der Waals surface area (Å²) >= 11 is 0. The molecule has 0 saturated heterocycles. The van der Waals surface area contributed by atoms with Gasteiger partial charge in [0.1, 0.15) is 6.29 Å². The van der Waals surface area contributed by atoms with E-state index in [2.05, 4.69) is 32.9 Å². The molecule has 0 radical (unpaired) electrons. The second kappa shape index (κ2) is 4.94. The second-order valence-corrected chi connectivity index (χ2v) is 3.96. The number of carbonyl (C=O) groups is 1. The van der Waals surface area contributed by atoms with Crippen LogP contribution in [0.2, 0.25) is 0 Å². The van der Waals surface area contributed by atoms with Gasteiger partial charge >= 0.3 is 0 Å². The highest BCUT2D eigenvalue weighted by molar-refractivity contribution is 5.74. The lowest BCUT2D eigenvalue weighted by molar-refractivity contribution is 0.112. The minimum atomic E-state index is 0.570. The summed E-state index contributed by atoms with van der Waals surface area (Å²) in [6, 6.07) is 7.89. The molecule has 0 aliphatic heterocycles. The third-order valence-corrected chi connectivity index (χ3v) is 3.10. The van der Waals surface area contributed by atoms with Gasteiger partial charge < -0.3 is 0 Å². The van der Waals surface area contributed by atoms with Gasteiger partial charge in [0, 0.05) is 5.56 Å². The summed E-state index contributed by atoms with van der Waals surface area (Å²) in [5, 5.41) is 0. The van der Waals surface area contributed by atoms with Crippen molar-refractivity contribution in [3.05, 3.63) is 35.4 Å². The first kappa shape index (κ1) is 11.0. The van der Waals surface area contributed by atoms with Crippen LogP contribution in [0, 0.1) is 5.92 Å². The Morgan fingerprint density at radius 2 is 1.79 bits per heavy atom. The van der Waals surface area contributed by atoms with E-state index in [0.717, 1.165) is 11.8 Å². The Hall–Kier alpha value is -1.11. The van der Waals surface area contributed by atoms with Gasteiger partial charge in [-0.1, -0.05) is 51.5 Å². The molecule has 0 fully saturated rings. The van der Waals surface area contributed by atoms with E-state index in [1.54, 1.807) is 0 Å². The summed E-state index contributed by atoms with van der Waals surface area (Å²) in [6.45, 7) is 6.71. The fraction of sp³-hybridized carbons (Fsp3) is 0.462. The molecular formula is C13H18O. The van der Waals surface area contributed by atoms with Crippen molar-refractivity contribution in [1.29, 1.82) is 0 Å². The van der Waals surface area contributed by atoms with Gasteiger partial charge in [-0.2, -0.15) is 0 Å². The maximum Gasteiger partial charge on any atom is 0.150 e. The van der Waals surface area contributed by atoms with Crippen LogP contribution < -0.4 is 0 Å². The van der Waals surface area contributed by atoms with Crippen molar-refractivity contribution in [1.82, 2.24) is 0 Å². The molecule has 0 amide bonds. The topological polar surface area (TPSA) is 17.1 Å². The van der Waals surface area contributed by atoms with E-state index in [9.17, 15) is 4.79 Å². The van der Waals surface area contributed by atoms with E-state index in [0.29, 0.717) is 11.8 Å². The van der Waals surface area contributed by atoms with Crippen LogP contribution >= 0.6 is 0 Å². The van der Waals surface area contributed by atoms with Crippen molar-refractivity contribution in [3.8, 4) is 0 Å². The van der Waals surface area contributed by atoms with E-state index in [-0.39, 0.29) is 0 Å². The normalized spacial score (nSPS) is 14.8. The molecule has 0 aromatic heterocycles. The summed E-state index contributed by atoms with van der Waals surface area (Å²) < 4.78 is 0. The van der Waals surface area contributed by atoms with E-state index in [1.807, 2.05) is 12.1 Å². The minimum Gasteiger partial charge on any atom is -0.298 e. The first-order valence-corrected chi connectivity index (χ1v) is 5.24. The molecule has 0 aliphatic carbocycles. The molecule has 1 nitrogen and oxygen atoms in total. The first-order valence-electron chi connectivity index (χ1n) is 5.24. The summed E-state index contributed by atoms with van der Waals surface area (Å²) in [4.78, 5) is 10.5. The number of rotatable bonds is 4. The largest absolute Gasteiger partial charge is 0.298 e. The fourth-order valence-corrected chi connectivity index (χ4v) is 1.56. The van der Waals surface area contributed by atoms with Gasteiger partial charge in [-0.3, -0.25) is 4.79 Å². The Labute approximate surface area is 86.1 Å². The summed E-state index contributed by atoms with van der Waals surface area (Å²) in [5.41, 5.74) is 2.08. The molecule has 0 saturated carbocycles. The SMILES string of the molecule is CCC(C)C(C)c1ccc(C=O)cc1. The second-order valence-electron chi connectivity index (χ2n) is 3.96. The third-order valence-electron chi connectivity index (χ3n) is 3.10. The van der Waals surface area contributed by atoms with Crippen LogP contribution in [0.5, 0.6) is 0 Å². The first-order chi connectivity index (χ1) is 6.69. The van der Waals surface area contributed by atoms with E-state index in [1.165, 1.54) is 12.0 Å². The van der Waals surface area contributed by atoms with Crippen LogP contribution in [0.3, 0.4) is 0 Å². The van der Waals surface area contributed by atoms with Gasteiger partial charge in [0.2, 0.25) is 0 Å². The standard InChI is InChI=1S/C13H18O/c1-4-10(2)11(3)13-7-5-12(9-14)6-8-13/h5-11H,4H2,1-3H3. The highest BCUT2D eigenvalue weighted by atomic mass is 16.1. The van der Waals surface area contributed by atoms with E-state index < -0.39 is 0 Å². The van der Waals surface area contributed by atoms with Crippen molar-refractivity contribution in [2.75, 3.05) is 0 Å². The Morgan fingerprint density at radius 1 is 1.21 bits per heavy atom. The van der Waals surface area contributed by atoms with Gasteiger partial charge in [-0.15, -0.1) is 0 Å². The van der Waals surface area contributed by atoms with Gasteiger partial charge in [-0.25, -0.2) is 0 Å². The van der Waals surface area contributed by atoms with E-state index in [4.69, 9.17) is 0 Å². The molecule has 0 bridgehead atoms. The molecule has 0 heterocycles. The Kier molecular flexibility index (Phi) is 3.87. The summed E-state index contributed by atoms with van der Waals surface area (Å²) in [6.07, 6.45) is 2.08. The molecule has 0 N–H and O–H groups in total. The lowest BCUT2D eigenvalue weighted by Crippen LogP contribution is -2.04. The lowest BCUT2D eigenvalue weighted by atomic mass is 9.87. The van der Waals surface area contributed by atoms with Gasteiger partial charge in [0.15, 0.2) is 0 Å². The van der Waals surface area contributed by atoms with Crippen LogP contribution in [0.15, 0.2) is 24.3 Å². The number of carbonyl (C=O) groups excluding carboxylic acids is 1. The fourth-order valence-electron chi connectivity index (χ4n) is 1.56. The highest BCUT2D eigenvalue weighted by Gasteiger charge is 2.11. The quantitative estimate of drug-likeness (QED) is 0.662. The molecule has 1 aromatic carbocycles. The summed E-state index contributed by atoms with van der Waals surface area (Å²) in [7, 11) is 0. The van der Waals surface area contributed by atoms with Crippen molar-refractivity contribution >= 4 is 6.29 Å². The van der Waals surface area contributed by atoms with Gasteiger partial charge in [0.05, 0.1) is 0 Å². The molecule has 1 heteroatoms. The zero-order chi connectivity index (χ0) is 10.6. The van der Waals surface area contributed by atoms with Crippen molar-refractivity contribution in [3.63, 3.8) is 0 Å². The zero-order valence-electron chi connectivity index (χ0n) is 9.16. The average Bonchev–Trinajstić information content (AvgIpc) is 2.27. The highest BCUT2D eigenvalue weighted by Crippen LogP contribution is 2.25. The van der Waals surface area contributed by atoms with Crippen molar-refractivity contribution in [2.24, 2.45) is 5.92 Å². The smallest absolute Gasteiger partial charge is 0.150 e. The van der Waals surface area contributed by atoms with Crippen LogP contribution in [-0.4, -0.2) is 6.29 Å². The molecule has 2 atom stereocenters. The van der Waals surface area contributed by atoms with Crippen LogP contribution in [-0.2, 0) is 0 Å². The lowest BCUT2D eigenvalue weighted by Gasteiger charge is -2.18. The molecule has 0 spiro atoms. The molecule has 1 aromatic rings. The maximum atomic E-state index is 10.5. The zero-order valence-corrected chi connectivity index (χ0v) is 9.16. The van der Waals surface area contributed by atoms with Gasteiger partial charge in [-0.05, 0) is 17.4 Å². The molecular weight excluding hydrogens is 172 g/mol. The average molecular weight is 190 g/mol. The Balaban J connectivity index is 2.80. The van der Waals surface area contributed by atoms with Crippen LogP contribution in [0.1, 0.15) is 49.0 Å². The molecule has 0 aliphatic rings. The minimum absolute atomic E-state index is 0.570.